The first kappa shape index (κ1) is 12.1. The van der Waals surface area contributed by atoms with Gasteiger partial charge in [0.15, 0.2) is 5.78 Å². The summed E-state index contributed by atoms with van der Waals surface area (Å²) in [4.78, 5) is 23.1. The molecule has 0 saturated heterocycles. The molecule has 0 unspecified atom stereocenters. The van der Waals surface area contributed by atoms with Crippen molar-refractivity contribution in [1.82, 2.24) is 5.32 Å². The van der Waals surface area contributed by atoms with Crippen LogP contribution in [0.3, 0.4) is 0 Å². The van der Waals surface area contributed by atoms with Crippen molar-refractivity contribution in [3.63, 3.8) is 0 Å². The maximum Gasteiger partial charge on any atom is 0.248 e. The summed E-state index contributed by atoms with van der Waals surface area (Å²) >= 11 is 0. The van der Waals surface area contributed by atoms with E-state index in [1.165, 1.54) is 12.2 Å². The lowest BCUT2D eigenvalue weighted by Crippen LogP contribution is -2.27. The van der Waals surface area contributed by atoms with Gasteiger partial charge in [-0.25, -0.2) is 0 Å². The zero-order valence-electron chi connectivity index (χ0n) is 9.85. The minimum atomic E-state index is -0.247. The maximum absolute atomic E-state index is 11.8. The van der Waals surface area contributed by atoms with E-state index < -0.39 is 0 Å². The summed E-state index contributed by atoms with van der Waals surface area (Å²) in [5.74, 6) is -0.480. The van der Waals surface area contributed by atoms with E-state index in [2.05, 4.69) is 5.32 Å². The van der Waals surface area contributed by atoms with E-state index in [-0.39, 0.29) is 11.7 Å². The highest BCUT2D eigenvalue weighted by Gasteiger charge is 2.15. The predicted molar refractivity (Wildman–Crippen MR) is 68.3 cm³/mol. The second kappa shape index (κ2) is 5.31. The molecule has 1 aliphatic rings. The molecule has 0 spiro atoms. The molecule has 1 amide bonds. The fourth-order valence-corrected chi connectivity index (χ4v) is 1.76. The van der Waals surface area contributed by atoms with Crippen molar-refractivity contribution in [3.8, 4) is 0 Å². The Bertz CT molecular complexity index is 530. The van der Waals surface area contributed by atoms with Crippen LogP contribution in [0.1, 0.15) is 12.0 Å². The molecule has 0 fully saturated rings. The Labute approximate surface area is 105 Å². The third-order valence-electron chi connectivity index (χ3n) is 2.63. The topological polar surface area (TPSA) is 72.2 Å². The van der Waals surface area contributed by atoms with Crippen LogP contribution in [0.5, 0.6) is 0 Å². The molecule has 92 valence electrons. The van der Waals surface area contributed by atoms with Crippen LogP contribution >= 0.6 is 0 Å². The quantitative estimate of drug-likeness (QED) is 0.832. The van der Waals surface area contributed by atoms with E-state index in [0.29, 0.717) is 24.2 Å². The molecule has 0 aromatic heterocycles. The Kier molecular flexibility index (Phi) is 3.57. The lowest BCUT2D eigenvalue weighted by atomic mass is 10.0. The minimum Gasteiger partial charge on any atom is -0.402 e. The van der Waals surface area contributed by atoms with Crippen LogP contribution < -0.4 is 11.1 Å². The summed E-state index contributed by atoms with van der Waals surface area (Å²) in [6.45, 7) is 0.439. The second-order valence-corrected chi connectivity index (χ2v) is 4.14. The molecule has 1 aliphatic carbocycles. The van der Waals surface area contributed by atoms with Crippen LogP contribution in [-0.4, -0.2) is 11.7 Å². The van der Waals surface area contributed by atoms with Crippen molar-refractivity contribution < 1.29 is 9.59 Å². The van der Waals surface area contributed by atoms with Gasteiger partial charge in [0.25, 0.3) is 0 Å². The Morgan fingerprint density at radius 2 is 1.94 bits per heavy atom. The smallest absolute Gasteiger partial charge is 0.248 e. The van der Waals surface area contributed by atoms with E-state index in [0.717, 1.165) is 5.56 Å². The summed E-state index contributed by atoms with van der Waals surface area (Å²) in [6.07, 6.45) is 3.00. The van der Waals surface area contributed by atoms with Gasteiger partial charge in [-0.1, -0.05) is 30.3 Å². The highest BCUT2D eigenvalue weighted by atomic mass is 16.2. The molecule has 0 radical (unpaired) electrons. The van der Waals surface area contributed by atoms with Crippen LogP contribution in [0, 0.1) is 0 Å². The first-order valence-electron chi connectivity index (χ1n) is 5.68. The molecule has 0 heterocycles. The Morgan fingerprint density at radius 3 is 2.61 bits per heavy atom. The van der Waals surface area contributed by atoms with Gasteiger partial charge < -0.3 is 11.1 Å². The standard InChI is InChI=1S/C14H14N2O2/c15-12-6-11(7-13(17)8-12)14(18)16-9-10-4-2-1-3-5-10/h1-5,7-8H,6,9,15H2,(H,16,18). The van der Waals surface area contributed by atoms with Gasteiger partial charge in [-0.3, -0.25) is 9.59 Å². The first-order chi connectivity index (χ1) is 8.65. The fraction of sp³-hybridized carbons (Fsp3) is 0.143. The fourth-order valence-electron chi connectivity index (χ4n) is 1.76. The number of amides is 1. The van der Waals surface area contributed by atoms with E-state index in [1.54, 1.807) is 0 Å². The summed E-state index contributed by atoms with van der Waals surface area (Å²) < 4.78 is 0. The van der Waals surface area contributed by atoms with Gasteiger partial charge in [-0.15, -0.1) is 0 Å². The number of nitrogens with two attached hydrogens (primary N) is 1. The monoisotopic (exact) mass is 242 g/mol. The number of carbonyl (C=O) groups excluding carboxylic acids is 2. The molecule has 1 aromatic carbocycles. The van der Waals surface area contributed by atoms with Gasteiger partial charge in [0.05, 0.1) is 0 Å². The average molecular weight is 242 g/mol. The second-order valence-electron chi connectivity index (χ2n) is 4.14. The molecular weight excluding hydrogens is 228 g/mol. The Morgan fingerprint density at radius 1 is 1.22 bits per heavy atom. The zero-order valence-corrected chi connectivity index (χ0v) is 9.85. The van der Waals surface area contributed by atoms with Crippen molar-refractivity contribution in [2.45, 2.75) is 13.0 Å². The molecule has 18 heavy (non-hydrogen) atoms. The van der Waals surface area contributed by atoms with Crippen molar-refractivity contribution in [1.29, 1.82) is 0 Å². The van der Waals surface area contributed by atoms with Gasteiger partial charge in [0.1, 0.15) is 0 Å². The Balaban J connectivity index is 1.95. The van der Waals surface area contributed by atoms with E-state index in [4.69, 9.17) is 5.73 Å². The molecule has 3 N–H and O–H groups in total. The van der Waals surface area contributed by atoms with Crippen LogP contribution in [0.4, 0.5) is 0 Å². The molecule has 1 aromatic rings. The number of nitrogens with one attached hydrogen (secondary N) is 1. The third-order valence-corrected chi connectivity index (χ3v) is 2.63. The average Bonchev–Trinajstić information content (AvgIpc) is 2.36. The molecular formula is C14H14N2O2. The van der Waals surface area contributed by atoms with Gasteiger partial charge in [-0.2, -0.15) is 0 Å². The maximum atomic E-state index is 11.8. The van der Waals surface area contributed by atoms with E-state index in [9.17, 15) is 9.59 Å². The molecule has 0 atom stereocenters. The lowest BCUT2D eigenvalue weighted by molar-refractivity contribution is -0.118. The SMILES string of the molecule is NC1=CC(=O)C=C(C(=O)NCc2ccccc2)C1. The van der Waals surface area contributed by atoms with Crippen LogP contribution in [0.2, 0.25) is 0 Å². The molecule has 0 saturated carbocycles. The predicted octanol–water partition coefficient (Wildman–Crippen LogP) is 1.04. The van der Waals surface area contributed by atoms with Crippen LogP contribution in [0.25, 0.3) is 0 Å². The molecule has 4 heteroatoms. The summed E-state index contributed by atoms with van der Waals surface area (Å²) in [5.41, 5.74) is 7.43. The van der Waals surface area contributed by atoms with Gasteiger partial charge in [0.2, 0.25) is 5.91 Å². The normalized spacial score (nSPS) is 14.8. The van der Waals surface area contributed by atoms with Crippen molar-refractivity contribution in [2.24, 2.45) is 5.73 Å². The summed E-state index contributed by atoms with van der Waals surface area (Å²) in [5, 5.41) is 2.77. The molecule has 4 nitrogen and oxygen atoms in total. The number of carbonyl (C=O) groups is 2. The number of ketones is 1. The van der Waals surface area contributed by atoms with Gasteiger partial charge in [-0.05, 0) is 11.6 Å². The lowest BCUT2D eigenvalue weighted by Gasteiger charge is -2.11. The van der Waals surface area contributed by atoms with Crippen LogP contribution in [0.15, 0.2) is 53.8 Å². The molecule has 2 rings (SSSR count). The largest absolute Gasteiger partial charge is 0.402 e. The van der Waals surface area contributed by atoms with E-state index in [1.807, 2.05) is 30.3 Å². The van der Waals surface area contributed by atoms with E-state index >= 15 is 0 Å². The zero-order chi connectivity index (χ0) is 13.0. The number of allylic oxidation sites excluding steroid dienone is 3. The highest BCUT2D eigenvalue weighted by molar-refractivity contribution is 6.08. The first-order valence-corrected chi connectivity index (χ1v) is 5.68. The van der Waals surface area contributed by atoms with Crippen molar-refractivity contribution >= 4 is 11.7 Å². The minimum absolute atomic E-state index is 0.233. The summed E-state index contributed by atoms with van der Waals surface area (Å²) in [6, 6.07) is 9.58. The third kappa shape index (κ3) is 3.07. The highest BCUT2D eigenvalue weighted by Crippen LogP contribution is 2.13. The van der Waals surface area contributed by atoms with Crippen molar-refractivity contribution in [2.75, 3.05) is 0 Å². The number of hydrogen-bond acceptors (Lipinski definition) is 3. The number of hydrogen-bond donors (Lipinski definition) is 2. The van der Waals surface area contributed by atoms with Crippen LogP contribution in [-0.2, 0) is 16.1 Å². The van der Waals surface area contributed by atoms with Crippen molar-refractivity contribution in [3.05, 3.63) is 59.3 Å². The number of benzene rings is 1. The summed E-state index contributed by atoms with van der Waals surface area (Å²) in [7, 11) is 0. The molecule has 0 aliphatic heterocycles. The number of rotatable bonds is 3. The van der Waals surface area contributed by atoms with Gasteiger partial charge >= 0.3 is 0 Å². The Hall–Kier alpha value is -2.36. The van der Waals surface area contributed by atoms with Gasteiger partial charge in [0, 0.05) is 30.3 Å². The molecule has 0 bridgehead atoms.